The molecule has 4 nitrogen and oxygen atoms in total. The van der Waals surface area contributed by atoms with Gasteiger partial charge in [-0.3, -0.25) is 14.5 Å². The second-order valence-corrected chi connectivity index (χ2v) is 5.46. The molecule has 4 heteroatoms. The van der Waals surface area contributed by atoms with Crippen molar-refractivity contribution in [1.82, 2.24) is 5.32 Å². The molecule has 1 aliphatic rings. The van der Waals surface area contributed by atoms with Crippen LogP contribution in [0.25, 0.3) is 0 Å². The zero-order chi connectivity index (χ0) is 14.9. The van der Waals surface area contributed by atoms with Crippen LogP contribution in [0.1, 0.15) is 39.3 Å². The van der Waals surface area contributed by atoms with Crippen molar-refractivity contribution in [3.63, 3.8) is 0 Å². The minimum atomic E-state index is -0.233. The molecule has 0 bridgehead atoms. The van der Waals surface area contributed by atoms with Gasteiger partial charge in [0.05, 0.1) is 5.69 Å². The van der Waals surface area contributed by atoms with E-state index >= 15 is 0 Å². The predicted molar refractivity (Wildman–Crippen MR) is 79.4 cm³/mol. The first-order valence-corrected chi connectivity index (χ1v) is 7.18. The van der Waals surface area contributed by atoms with E-state index in [1.807, 2.05) is 38.1 Å². The van der Waals surface area contributed by atoms with Crippen LogP contribution in [-0.4, -0.2) is 18.4 Å². The smallest absolute Gasteiger partial charge is 0.237 e. The van der Waals surface area contributed by atoms with Crippen molar-refractivity contribution in [1.29, 1.82) is 0 Å². The lowest BCUT2D eigenvalue weighted by molar-refractivity contribution is -0.122. The summed E-state index contributed by atoms with van der Waals surface area (Å²) >= 11 is 0. The maximum atomic E-state index is 12.1. The van der Waals surface area contributed by atoms with Gasteiger partial charge in [-0.25, -0.2) is 0 Å². The summed E-state index contributed by atoms with van der Waals surface area (Å²) in [6.45, 7) is 8.68. The number of amides is 2. The van der Waals surface area contributed by atoms with Gasteiger partial charge in [-0.1, -0.05) is 32.9 Å². The number of nitrogens with zero attached hydrogens (tertiary/aromatic N) is 1. The third kappa shape index (κ3) is 2.48. The molecule has 1 aromatic rings. The maximum absolute atomic E-state index is 12.1. The molecule has 2 rings (SSSR count). The van der Waals surface area contributed by atoms with Gasteiger partial charge in [0, 0.05) is 17.9 Å². The second-order valence-electron chi connectivity index (χ2n) is 5.46. The van der Waals surface area contributed by atoms with Gasteiger partial charge in [0.25, 0.3) is 0 Å². The molecule has 3 atom stereocenters. The minimum absolute atomic E-state index is 0.102. The van der Waals surface area contributed by atoms with E-state index in [9.17, 15) is 9.59 Å². The molecule has 1 N–H and O–H groups in total. The van der Waals surface area contributed by atoms with Crippen LogP contribution in [0.15, 0.2) is 24.3 Å². The molecule has 3 unspecified atom stereocenters. The van der Waals surface area contributed by atoms with Crippen LogP contribution in [-0.2, 0) is 9.59 Å². The number of hydrogen-bond donors (Lipinski definition) is 1. The highest BCUT2D eigenvalue weighted by molar-refractivity contribution is 6.21. The van der Waals surface area contributed by atoms with Crippen molar-refractivity contribution < 1.29 is 9.59 Å². The van der Waals surface area contributed by atoms with Gasteiger partial charge in [0.2, 0.25) is 11.8 Å². The molecule has 1 heterocycles. The highest BCUT2D eigenvalue weighted by atomic mass is 16.2. The Hall–Kier alpha value is -1.68. The Morgan fingerprint density at radius 3 is 2.05 bits per heavy atom. The third-order valence-electron chi connectivity index (χ3n) is 4.13. The fourth-order valence-corrected chi connectivity index (χ4v) is 2.53. The number of nitrogens with one attached hydrogen (secondary N) is 1. The molecule has 1 saturated heterocycles. The number of imide groups is 1. The van der Waals surface area contributed by atoms with E-state index < -0.39 is 0 Å². The van der Waals surface area contributed by atoms with E-state index in [2.05, 4.69) is 19.2 Å². The molecule has 0 aromatic heterocycles. The van der Waals surface area contributed by atoms with Crippen LogP contribution in [0.3, 0.4) is 0 Å². The molecule has 1 aliphatic heterocycles. The van der Waals surface area contributed by atoms with Crippen molar-refractivity contribution in [3.8, 4) is 0 Å². The highest BCUT2D eigenvalue weighted by Gasteiger charge is 2.42. The predicted octanol–water partition coefficient (Wildman–Crippen LogP) is 2.50. The summed E-state index contributed by atoms with van der Waals surface area (Å²) in [5.41, 5.74) is 1.82. The van der Waals surface area contributed by atoms with Gasteiger partial charge < -0.3 is 5.32 Å². The Morgan fingerprint density at radius 2 is 1.60 bits per heavy atom. The van der Waals surface area contributed by atoms with Crippen LogP contribution in [0.5, 0.6) is 0 Å². The van der Waals surface area contributed by atoms with Crippen LogP contribution in [0.4, 0.5) is 5.69 Å². The average Bonchev–Trinajstić information content (AvgIpc) is 2.64. The summed E-state index contributed by atoms with van der Waals surface area (Å²) in [7, 11) is 0. The number of carbonyl (C=O) groups excluding carboxylic acids is 2. The van der Waals surface area contributed by atoms with E-state index in [4.69, 9.17) is 0 Å². The summed E-state index contributed by atoms with van der Waals surface area (Å²) in [4.78, 5) is 25.6. The molecule has 1 aromatic carbocycles. The largest absolute Gasteiger partial charge is 0.310 e. The molecule has 20 heavy (non-hydrogen) atoms. The van der Waals surface area contributed by atoms with Gasteiger partial charge in [-0.05, 0) is 31.2 Å². The third-order valence-corrected chi connectivity index (χ3v) is 4.13. The van der Waals surface area contributed by atoms with Crippen molar-refractivity contribution in [2.45, 2.75) is 33.7 Å². The Labute approximate surface area is 120 Å². The van der Waals surface area contributed by atoms with Gasteiger partial charge in [0.1, 0.15) is 0 Å². The topological polar surface area (TPSA) is 49.4 Å². The molecule has 0 spiro atoms. The SMILES string of the molecule is CCNC(C)c1ccc(N2C(=O)C(C)C(C)C2=O)cc1. The Kier molecular flexibility index (Phi) is 4.23. The lowest BCUT2D eigenvalue weighted by atomic mass is 10.00. The molecule has 0 aliphatic carbocycles. The van der Waals surface area contributed by atoms with Crippen molar-refractivity contribution in [3.05, 3.63) is 29.8 Å². The summed E-state index contributed by atoms with van der Waals surface area (Å²) in [6.07, 6.45) is 0. The van der Waals surface area contributed by atoms with Gasteiger partial charge in [0.15, 0.2) is 0 Å². The number of anilines is 1. The molecule has 0 radical (unpaired) electrons. The maximum Gasteiger partial charge on any atom is 0.237 e. The first-order chi connectivity index (χ1) is 9.47. The van der Waals surface area contributed by atoms with E-state index in [0.29, 0.717) is 5.69 Å². The lowest BCUT2D eigenvalue weighted by Crippen LogP contribution is -2.30. The van der Waals surface area contributed by atoms with Crippen molar-refractivity contribution >= 4 is 17.5 Å². The number of hydrogen-bond acceptors (Lipinski definition) is 3. The molecule has 0 saturated carbocycles. The lowest BCUT2D eigenvalue weighted by Gasteiger charge is -2.17. The Bertz CT molecular complexity index is 490. The fourth-order valence-electron chi connectivity index (χ4n) is 2.53. The van der Waals surface area contributed by atoms with E-state index in [1.165, 1.54) is 4.90 Å². The zero-order valence-corrected chi connectivity index (χ0v) is 12.5. The number of benzene rings is 1. The summed E-state index contributed by atoms with van der Waals surface area (Å²) in [6, 6.07) is 7.90. The zero-order valence-electron chi connectivity index (χ0n) is 12.5. The van der Waals surface area contributed by atoms with Crippen LogP contribution < -0.4 is 10.2 Å². The fraction of sp³-hybridized carbons (Fsp3) is 0.500. The van der Waals surface area contributed by atoms with Crippen molar-refractivity contribution in [2.75, 3.05) is 11.4 Å². The second kappa shape index (κ2) is 5.75. The monoisotopic (exact) mass is 274 g/mol. The van der Waals surface area contributed by atoms with Crippen LogP contribution in [0, 0.1) is 11.8 Å². The minimum Gasteiger partial charge on any atom is -0.310 e. The summed E-state index contributed by atoms with van der Waals surface area (Å²) in [5.74, 6) is -0.671. The highest BCUT2D eigenvalue weighted by Crippen LogP contribution is 2.30. The normalized spacial score (nSPS) is 24.3. The molecule has 2 amide bonds. The number of rotatable bonds is 4. The standard InChI is InChI=1S/C16H22N2O2/c1-5-17-12(4)13-6-8-14(9-7-13)18-15(19)10(2)11(3)16(18)20/h6-12,17H,5H2,1-4H3. The molecule has 108 valence electrons. The van der Waals surface area contributed by atoms with E-state index in [0.717, 1.165) is 12.1 Å². The van der Waals surface area contributed by atoms with Gasteiger partial charge in [-0.15, -0.1) is 0 Å². The Morgan fingerprint density at radius 1 is 1.10 bits per heavy atom. The number of carbonyl (C=O) groups is 2. The summed E-state index contributed by atoms with van der Waals surface area (Å²) < 4.78 is 0. The van der Waals surface area contributed by atoms with E-state index in [1.54, 1.807) is 0 Å². The molecular formula is C16H22N2O2. The van der Waals surface area contributed by atoms with E-state index in [-0.39, 0.29) is 29.7 Å². The van der Waals surface area contributed by atoms with Crippen LogP contribution in [0.2, 0.25) is 0 Å². The average molecular weight is 274 g/mol. The van der Waals surface area contributed by atoms with Gasteiger partial charge in [-0.2, -0.15) is 0 Å². The van der Waals surface area contributed by atoms with Crippen LogP contribution >= 0.6 is 0 Å². The first-order valence-electron chi connectivity index (χ1n) is 7.18. The first kappa shape index (κ1) is 14.7. The summed E-state index contributed by atoms with van der Waals surface area (Å²) in [5, 5.41) is 3.33. The van der Waals surface area contributed by atoms with Gasteiger partial charge >= 0.3 is 0 Å². The Balaban J connectivity index is 2.22. The quantitative estimate of drug-likeness (QED) is 0.858. The molecular weight excluding hydrogens is 252 g/mol. The van der Waals surface area contributed by atoms with Crippen molar-refractivity contribution in [2.24, 2.45) is 11.8 Å². The molecule has 1 fully saturated rings.